The number of nitrogens with zero attached hydrogens (tertiary/aromatic N) is 6. The molecule has 0 saturated carbocycles. The molecular weight excluding hydrogens is 869 g/mol. The van der Waals surface area contributed by atoms with Gasteiger partial charge in [-0.3, -0.25) is 27.9 Å². The molecule has 300 valence electrons. The van der Waals surface area contributed by atoms with Crippen molar-refractivity contribution in [1.29, 1.82) is 0 Å². The average Bonchev–Trinajstić information content (AvgIpc) is 3.76. The second-order valence-electron chi connectivity index (χ2n) is 13.5. The van der Waals surface area contributed by atoms with Crippen LogP contribution in [-0.2, 0) is 36.6 Å². The van der Waals surface area contributed by atoms with E-state index < -0.39 is 78.4 Å². The van der Waals surface area contributed by atoms with Gasteiger partial charge in [0.15, 0.2) is 5.82 Å². The van der Waals surface area contributed by atoms with Crippen LogP contribution in [0.1, 0.15) is 54.2 Å². The molecular formula is C37H31BrClF7N8O2S. The van der Waals surface area contributed by atoms with Crippen molar-refractivity contribution in [3.05, 3.63) is 108 Å². The molecule has 0 fully saturated rings. The monoisotopic (exact) mass is 898 g/mol. The van der Waals surface area contributed by atoms with E-state index in [1.165, 1.54) is 52.4 Å². The molecule has 2 N–H and O–H groups in total. The van der Waals surface area contributed by atoms with E-state index in [2.05, 4.69) is 36.2 Å². The molecule has 0 bridgehead atoms. The first-order chi connectivity index (χ1) is 27.1. The Kier molecular flexibility index (Phi) is 11.4. The number of aryl methyl sites for hydroxylation is 1. The fourth-order valence-corrected chi connectivity index (χ4v) is 8.15. The first kappa shape index (κ1) is 40.6. The van der Waals surface area contributed by atoms with E-state index in [-0.39, 0.29) is 63.5 Å². The summed E-state index contributed by atoms with van der Waals surface area (Å²) < 4.78 is 108. The number of hydrogen-bond donors (Lipinski definition) is 2. The number of fused-ring (bicyclic) bond motifs is 3. The van der Waals surface area contributed by atoms with E-state index >= 15 is 8.78 Å². The van der Waals surface area contributed by atoms with E-state index in [0.717, 1.165) is 12.1 Å². The van der Waals surface area contributed by atoms with Gasteiger partial charge in [0.1, 0.15) is 35.4 Å². The summed E-state index contributed by atoms with van der Waals surface area (Å²) in [5.41, 5.74) is -2.11. The molecule has 0 radical (unpaired) electrons. The number of rotatable bonds is 13. The normalized spacial score (nSPS) is 15.5. The van der Waals surface area contributed by atoms with Gasteiger partial charge in [-0.2, -0.15) is 19.0 Å². The highest BCUT2D eigenvalue weighted by Gasteiger charge is 2.51. The second kappa shape index (κ2) is 16.0. The van der Waals surface area contributed by atoms with E-state index in [1.807, 2.05) is 0 Å². The number of halogens is 9. The van der Waals surface area contributed by atoms with Crippen molar-refractivity contribution < 1.29 is 35.5 Å². The van der Waals surface area contributed by atoms with Crippen LogP contribution in [0.25, 0.3) is 27.5 Å². The molecule has 0 aliphatic heterocycles. The van der Waals surface area contributed by atoms with Crippen molar-refractivity contribution in [1.82, 2.24) is 34.4 Å². The van der Waals surface area contributed by atoms with Gasteiger partial charge in [0.2, 0.25) is 5.91 Å². The predicted molar refractivity (Wildman–Crippen MR) is 206 cm³/mol. The van der Waals surface area contributed by atoms with Crippen LogP contribution in [0.3, 0.4) is 0 Å². The minimum atomic E-state index is -3.59. The van der Waals surface area contributed by atoms with Gasteiger partial charge in [-0.1, -0.05) is 46.4 Å². The smallest absolute Gasteiger partial charge is 0.292 e. The average molecular weight is 900 g/mol. The van der Waals surface area contributed by atoms with E-state index in [4.69, 9.17) is 16.6 Å². The molecule has 2 unspecified atom stereocenters. The zero-order chi connectivity index (χ0) is 40.9. The van der Waals surface area contributed by atoms with Crippen LogP contribution in [0.4, 0.5) is 36.6 Å². The molecule has 1 aliphatic rings. The third-order valence-corrected chi connectivity index (χ3v) is 10.9. The molecule has 0 spiro atoms. The summed E-state index contributed by atoms with van der Waals surface area (Å²) in [6, 6.07) is 8.88. The van der Waals surface area contributed by atoms with Gasteiger partial charge in [-0.05, 0) is 60.9 Å². The quantitative estimate of drug-likeness (QED) is 0.0880. The molecule has 6 aromatic rings. The number of amides is 1. The lowest BCUT2D eigenvalue weighted by Gasteiger charge is -2.24. The zero-order valence-electron chi connectivity index (χ0n) is 29.9. The van der Waals surface area contributed by atoms with Gasteiger partial charge in [0.05, 0.1) is 45.2 Å². The molecule has 57 heavy (non-hydrogen) atoms. The Bertz CT molecular complexity index is 2580. The standard InChI is InChI=1S/C37H31BrClF7N8O2S/c1-17-10-23-30(33(43)44)49-53(32(23)37(17,45)46)16-28(55)47-26(13-18-11-20(41)15-21(42)12-18)35-48-25-14-19(38)4-5-22(25)36(56)54(35)27-7-6-24(39)29-31(27)52(9-3-8-40)50-34(29)51-57-2/h4-7,11-12,14-15,17,26,33H,3,8-10,13,16H2,1-2H3,(H,47,55)(H,50,51). The zero-order valence-corrected chi connectivity index (χ0v) is 33.1. The van der Waals surface area contributed by atoms with Gasteiger partial charge < -0.3 is 10.0 Å². The summed E-state index contributed by atoms with van der Waals surface area (Å²) in [5.74, 6) is -7.72. The number of nitrogens with one attached hydrogen (secondary N) is 2. The largest absolute Gasteiger partial charge is 0.344 e. The Morgan fingerprint density at radius 3 is 2.51 bits per heavy atom. The summed E-state index contributed by atoms with van der Waals surface area (Å²) in [7, 11) is 0. The molecule has 1 amide bonds. The van der Waals surface area contributed by atoms with Crippen LogP contribution in [0.15, 0.2) is 57.8 Å². The Hall–Kier alpha value is -4.62. The van der Waals surface area contributed by atoms with Crippen molar-refractivity contribution in [2.75, 3.05) is 17.7 Å². The summed E-state index contributed by atoms with van der Waals surface area (Å²) >= 11 is 11.3. The van der Waals surface area contributed by atoms with Gasteiger partial charge in [-0.25, -0.2) is 22.5 Å². The molecule has 20 heteroatoms. The number of anilines is 1. The Balaban J connectivity index is 1.45. The Labute approximate surface area is 337 Å². The maximum atomic E-state index is 15.4. The molecule has 1 aliphatic carbocycles. The third kappa shape index (κ3) is 7.60. The number of aromatic nitrogens is 6. The minimum Gasteiger partial charge on any atom is -0.344 e. The minimum absolute atomic E-state index is 0.00830. The van der Waals surface area contributed by atoms with Crippen molar-refractivity contribution in [3.63, 3.8) is 0 Å². The summed E-state index contributed by atoms with van der Waals surface area (Å²) in [4.78, 5) is 33.5. The Morgan fingerprint density at radius 1 is 1.09 bits per heavy atom. The van der Waals surface area contributed by atoms with Crippen LogP contribution in [-0.4, -0.2) is 47.9 Å². The van der Waals surface area contributed by atoms with Crippen molar-refractivity contribution in [2.24, 2.45) is 5.92 Å². The predicted octanol–water partition coefficient (Wildman–Crippen LogP) is 9.00. The molecule has 7 rings (SSSR count). The van der Waals surface area contributed by atoms with Gasteiger partial charge in [0.25, 0.3) is 17.9 Å². The van der Waals surface area contributed by atoms with Crippen LogP contribution < -0.4 is 15.6 Å². The lowest BCUT2D eigenvalue weighted by molar-refractivity contribution is -0.123. The SMILES string of the molecule is CSNc1nn(CCCF)c2c(-n3c(C(Cc4cc(F)cc(F)c4)NC(=O)Cn4nc(C(F)F)c5c4C(F)(F)C(C)C5)nc4cc(Br)ccc4c3=O)ccc(Cl)c12. The van der Waals surface area contributed by atoms with Crippen LogP contribution >= 0.6 is 39.5 Å². The Morgan fingerprint density at radius 2 is 1.82 bits per heavy atom. The highest BCUT2D eigenvalue weighted by atomic mass is 79.9. The van der Waals surface area contributed by atoms with Gasteiger partial charge in [-0.15, -0.1) is 0 Å². The van der Waals surface area contributed by atoms with Gasteiger partial charge >= 0.3 is 0 Å². The number of carbonyl (C=O) groups is 1. The molecule has 0 saturated heterocycles. The number of benzene rings is 3. The molecule has 2 atom stereocenters. The molecule has 3 aromatic heterocycles. The topological polar surface area (TPSA) is 112 Å². The van der Waals surface area contributed by atoms with Crippen LogP contribution in [0.2, 0.25) is 5.02 Å². The summed E-state index contributed by atoms with van der Waals surface area (Å²) in [6.07, 6.45) is -2.20. The highest BCUT2D eigenvalue weighted by molar-refractivity contribution is 9.10. The lowest BCUT2D eigenvalue weighted by Crippen LogP contribution is -2.38. The van der Waals surface area contributed by atoms with Crippen molar-refractivity contribution in [3.8, 4) is 5.69 Å². The third-order valence-electron chi connectivity index (χ3n) is 9.66. The van der Waals surface area contributed by atoms with Gasteiger partial charge in [0, 0.05) is 41.2 Å². The molecule has 3 heterocycles. The molecule has 3 aromatic carbocycles. The fourth-order valence-electron chi connectivity index (χ4n) is 7.22. The van der Waals surface area contributed by atoms with Crippen molar-refractivity contribution in [2.45, 2.75) is 57.7 Å². The maximum Gasteiger partial charge on any atom is 0.292 e. The maximum absolute atomic E-state index is 15.4. The first-order valence-electron chi connectivity index (χ1n) is 17.4. The fraction of sp³-hybridized carbons (Fsp3) is 0.324. The second-order valence-corrected chi connectivity index (χ2v) is 15.4. The van der Waals surface area contributed by atoms with Crippen LogP contribution in [0.5, 0.6) is 0 Å². The van der Waals surface area contributed by atoms with E-state index in [1.54, 1.807) is 12.3 Å². The van der Waals surface area contributed by atoms with Crippen LogP contribution in [0, 0.1) is 17.6 Å². The van der Waals surface area contributed by atoms with E-state index in [9.17, 15) is 31.5 Å². The highest BCUT2D eigenvalue weighted by Crippen LogP contribution is 2.48. The number of alkyl halides is 5. The number of carbonyl (C=O) groups excluding carboxylic acids is 1. The number of hydrogen-bond acceptors (Lipinski definition) is 7. The summed E-state index contributed by atoms with van der Waals surface area (Å²) in [6.45, 7) is -0.398. The lowest BCUT2D eigenvalue weighted by atomic mass is 10.0. The summed E-state index contributed by atoms with van der Waals surface area (Å²) in [5, 5.41) is 11.7. The van der Waals surface area contributed by atoms with E-state index in [0.29, 0.717) is 26.4 Å². The molecule has 10 nitrogen and oxygen atoms in total. The van der Waals surface area contributed by atoms with Crippen molar-refractivity contribution >= 4 is 73.0 Å². The first-order valence-corrected chi connectivity index (χ1v) is 19.8.